The average molecular weight is 267 g/mol. The Morgan fingerprint density at radius 2 is 2.05 bits per heavy atom. The van der Waals surface area contributed by atoms with Crippen molar-refractivity contribution in [3.8, 4) is 5.75 Å². The van der Waals surface area contributed by atoms with Crippen LogP contribution >= 0.6 is 0 Å². The van der Waals surface area contributed by atoms with Crippen LogP contribution in [0.4, 0.5) is 5.69 Å². The molecule has 1 amide bonds. The van der Waals surface area contributed by atoms with Crippen LogP contribution in [0.5, 0.6) is 5.75 Å². The van der Waals surface area contributed by atoms with Crippen molar-refractivity contribution in [1.29, 1.82) is 0 Å². The summed E-state index contributed by atoms with van der Waals surface area (Å²) in [5.41, 5.74) is 0.163. The second-order valence-corrected chi connectivity index (χ2v) is 3.99. The Morgan fingerprint density at radius 3 is 2.63 bits per heavy atom. The highest BCUT2D eigenvalue weighted by molar-refractivity contribution is 5.98. The van der Waals surface area contributed by atoms with Crippen molar-refractivity contribution in [2.45, 2.75) is 19.4 Å². The number of carbonyl (C=O) groups excluding carboxylic acids is 2. The highest BCUT2D eigenvalue weighted by Gasteiger charge is 2.16. The van der Waals surface area contributed by atoms with Crippen LogP contribution in [0.25, 0.3) is 0 Å². The molecule has 1 atom stereocenters. The Morgan fingerprint density at radius 1 is 1.37 bits per heavy atom. The molecule has 0 fully saturated rings. The fourth-order valence-electron chi connectivity index (χ4n) is 1.46. The average Bonchev–Trinajstić information content (AvgIpc) is 2.40. The molecule has 0 spiro atoms. The summed E-state index contributed by atoms with van der Waals surface area (Å²) in [6, 6.07) is 4.45. The fourth-order valence-corrected chi connectivity index (χ4v) is 1.46. The third-order valence-electron chi connectivity index (χ3n) is 2.59. The number of benzene rings is 1. The highest BCUT2D eigenvalue weighted by Crippen LogP contribution is 2.28. The second-order valence-electron chi connectivity index (χ2n) is 3.99. The SMILES string of the molecule is COC(=O)c1cccc(NC(=O)CC(C)OC)c1O. The van der Waals surface area contributed by atoms with Gasteiger partial charge in [0.25, 0.3) is 0 Å². The van der Waals surface area contributed by atoms with Crippen LogP contribution in [0.2, 0.25) is 0 Å². The van der Waals surface area contributed by atoms with E-state index in [4.69, 9.17) is 4.74 Å². The van der Waals surface area contributed by atoms with Crippen molar-refractivity contribution in [3.05, 3.63) is 23.8 Å². The molecule has 0 saturated carbocycles. The van der Waals surface area contributed by atoms with Crippen LogP contribution in [0.15, 0.2) is 18.2 Å². The lowest BCUT2D eigenvalue weighted by Crippen LogP contribution is -2.19. The summed E-state index contributed by atoms with van der Waals surface area (Å²) in [5, 5.41) is 12.4. The van der Waals surface area contributed by atoms with Crippen LogP contribution in [0.1, 0.15) is 23.7 Å². The molecule has 0 heterocycles. The predicted octanol–water partition coefficient (Wildman–Crippen LogP) is 1.54. The van der Waals surface area contributed by atoms with Gasteiger partial charge in [0.1, 0.15) is 5.56 Å². The standard InChI is InChI=1S/C13H17NO5/c1-8(18-2)7-11(15)14-10-6-4-5-9(12(10)16)13(17)19-3/h4-6,8,16H,7H2,1-3H3,(H,14,15). The normalized spacial score (nSPS) is 11.7. The Bertz CT molecular complexity index is 472. The van der Waals surface area contributed by atoms with Gasteiger partial charge in [0.2, 0.25) is 5.91 Å². The zero-order chi connectivity index (χ0) is 14.4. The molecule has 1 rings (SSSR count). The maximum Gasteiger partial charge on any atom is 0.341 e. The van der Waals surface area contributed by atoms with Crippen LogP contribution in [0, 0.1) is 0 Å². The van der Waals surface area contributed by atoms with E-state index in [2.05, 4.69) is 10.1 Å². The van der Waals surface area contributed by atoms with E-state index in [-0.39, 0.29) is 35.4 Å². The number of carbonyl (C=O) groups is 2. The van der Waals surface area contributed by atoms with Gasteiger partial charge in [-0.2, -0.15) is 0 Å². The van der Waals surface area contributed by atoms with Crippen molar-refractivity contribution in [3.63, 3.8) is 0 Å². The number of phenolic OH excluding ortho intramolecular Hbond substituents is 1. The summed E-state index contributed by atoms with van der Waals surface area (Å²) in [4.78, 5) is 23.0. The number of amides is 1. The van der Waals surface area contributed by atoms with Crippen molar-refractivity contribution in [1.82, 2.24) is 0 Å². The van der Waals surface area contributed by atoms with Gasteiger partial charge >= 0.3 is 5.97 Å². The Kier molecular flexibility index (Phi) is 5.32. The smallest absolute Gasteiger partial charge is 0.341 e. The summed E-state index contributed by atoms with van der Waals surface area (Å²) in [7, 11) is 2.72. The molecule has 0 aromatic heterocycles. The third kappa shape index (κ3) is 3.96. The zero-order valence-electron chi connectivity index (χ0n) is 11.1. The van der Waals surface area contributed by atoms with E-state index in [1.807, 2.05) is 0 Å². The number of phenols is 1. The van der Waals surface area contributed by atoms with E-state index in [9.17, 15) is 14.7 Å². The summed E-state index contributed by atoms with van der Waals surface area (Å²) in [5.74, 6) is -1.29. The lowest BCUT2D eigenvalue weighted by atomic mass is 10.1. The molecule has 6 heteroatoms. The van der Waals surface area contributed by atoms with E-state index in [1.165, 1.54) is 26.4 Å². The number of para-hydroxylation sites is 1. The molecule has 1 unspecified atom stereocenters. The van der Waals surface area contributed by atoms with E-state index < -0.39 is 5.97 Å². The second kappa shape index (κ2) is 6.75. The van der Waals surface area contributed by atoms with E-state index in [0.717, 1.165) is 0 Å². The van der Waals surface area contributed by atoms with Gasteiger partial charge in [0.05, 0.1) is 25.3 Å². The van der Waals surface area contributed by atoms with Crippen LogP contribution < -0.4 is 5.32 Å². The molecule has 1 aromatic rings. The molecule has 0 aliphatic heterocycles. The van der Waals surface area contributed by atoms with Crippen LogP contribution in [0.3, 0.4) is 0 Å². The highest BCUT2D eigenvalue weighted by atomic mass is 16.5. The summed E-state index contributed by atoms with van der Waals surface area (Å²) in [6.07, 6.45) is -0.0794. The van der Waals surface area contributed by atoms with Gasteiger partial charge < -0.3 is 19.9 Å². The first-order chi connectivity index (χ1) is 8.99. The van der Waals surface area contributed by atoms with Gasteiger partial charge in [-0.25, -0.2) is 4.79 Å². The Balaban J connectivity index is 2.85. The summed E-state index contributed by atoms with van der Waals surface area (Å²) in [6.45, 7) is 1.75. The van der Waals surface area contributed by atoms with Crippen LogP contribution in [-0.2, 0) is 14.3 Å². The molecule has 0 bridgehead atoms. The minimum Gasteiger partial charge on any atom is -0.505 e. The molecule has 6 nitrogen and oxygen atoms in total. The molecule has 1 aromatic carbocycles. The largest absolute Gasteiger partial charge is 0.505 e. The molecule has 0 aliphatic carbocycles. The van der Waals surface area contributed by atoms with E-state index in [1.54, 1.807) is 13.0 Å². The van der Waals surface area contributed by atoms with Gasteiger partial charge in [-0.05, 0) is 19.1 Å². The van der Waals surface area contributed by atoms with E-state index in [0.29, 0.717) is 0 Å². The Hall–Kier alpha value is -2.08. The first kappa shape index (κ1) is 15.0. The molecular weight excluding hydrogens is 250 g/mol. The van der Waals surface area contributed by atoms with Crippen molar-refractivity contribution in [2.75, 3.05) is 19.5 Å². The minimum atomic E-state index is -0.668. The fraction of sp³-hybridized carbons (Fsp3) is 0.385. The molecule has 0 saturated heterocycles. The van der Waals surface area contributed by atoms with Crippen molar-refractivity contribution >= 4 is 17.6 Å². The molecule has 19 heavy (non-hydrogen) atoms. The monoisotopic (exact) mass is 267 g/mol. The minimum absolute atomic E-state index is 0.0000833. The van der Waals surface area contributed by atoms with Crippen molar-refractivity contribution in [2.24, 2.45) is 0 Å². The quantitative estimate of drug-likeness (QED) is 0.624. The number of anilines is 1. The Labute approximate surface area is 111 Å². The lowest BCUT2D eigenvalue weighted by molar-refractivity contribution is -0.118. The maximum atomic E-state index is 11.7. The number of ether oxygens (including phenoxy) is 2. The maximum absolute atomic E-state index is 11.7. The first-order valence-electron chi connectivity index (χ1n) is 5.72. The number of methoxy groups -OCH3 is 2. The third-order valence-corrected chi connectivity index (χ3v) is 2.59. The molecule has 0 aliphatic rings. The van der Waals surface area contributed by atoms with Crippen LogP contribution in [-0.4, -0.2) is 37.3 Å². The lowest BCUT2D eigenvalue weighted by Gasteiger charge is -2.12. The first-order valence-corrected chi connectivity index (χ1v) is 5.72. The number of nitrogens with one attached hydrogen (secondary N) is 1. The predicted molar refractivity (Wildman–Crippen MR) is 69.2 cm³/mol. The number of esters is 1. The number of aromatic hydroxyl groups is 1. The number of hydrogen-bond acceptors (Lipinski definition) is 5. The van der Waals surface area contributed by atoms with Crippen molar-refractivity contribution < 1.29 is 24.2 Å². The topological polar surface area (TPSA) is 84.9 Å². The van der Waals surface area contributed by atoms with Gasteiger partial charge in [-0.1, -0.05) is 6.07 Å². The van der Waals surface area contributed by atoms with E-state index >= 15 is 0 Å². The van der Waals surface area contributed by atoms with Gasteiger partial charge in [0.15, 0.2) is 5.75 Å². The number of hydrogen-bond donors (Lipinski definition) is 2. The number of rotatable bonds is 5. The molecule has 2 N–H and O–H groups in total. The summed E-state index contributed by atoms with van der Waals surface area (Å²) >= 11 is 0. The molecule has 0 radical (unpaired) electrons. The summed E-state index contributed by atoms with van der Waals surface area (Å²) < 4.78 is 9.50. The van der Waals surface area contributed by atoms with Gasteiger partial charge in [-0.15, -0.1) is 0 Å². The van der Waals surface area contributed by atoms with Gasteiger partial charge in [0, 0.05) is 7.11 Å². The molecule has 104 valence electrons. The van der Waals surface area contributed by atoms with Gasteiger partial charge in [-0.3, -0.25) is 4.79 Å². The zero-order valence-corrected chi connectivity index (χ0v) is 11.1. The molecular formula is C13H17NO5.